The van der Waals surface area contributed by atoms with Gasteiger partial charge in [-0.3, -0.25) is 9.59 Å². The fraction of sp³-hybridized carbons (Fsp3) is 0.429. The van der Waals surface area contributed by atoms with E-state index in [1.54, 1.807) is 20.8 Å². The van der Waals surface area contributed by atoms with Gasteiger partial charge in [0.1, 0.15) is 12.4 Å². The van der Waals surface area contributed by atoms with Crippen molar-refractivity contribution in [3.05, 3.63) is 29.8 Å². The summed E-state index contributed by atoms with van der Waals surface area (Å²) in [5.41, 5.74) is -0.722. The highest BCUT2D eigenvalue weighted by Crippen LogP contribution is 2.18. The molecule has 0 atom stereocenters. The monoisotopic (exact) mass is 301 g/mol. The number of amides is 1. The molecule has 0 aliphatic rings. The summed E-state index contributed by atoms with van der Waals surface area (Å²) in [5, 5.41) is 8.82. The molecule has 116 valence electrons. The maximum Gasteiger partial charge on any atom is 0.323 e. The molecular weight excluding hydrogens is 284 g/mol. The van der Waals surface area contributed by atoms with Crippen molar-refractivity contribution in [2.75, 3.05) is 13.2 Å². The fourth-order valence-electron chi connectivity index (χ4n) is 1.64. The standard InChI is InChI=1S/C14H17F2NO4/c1-14(2,3)17(7-13(19)20)12(18)8-21-11-5-4-9(15)6-10(11)16/h4-6H,7-8H2,1-3H3,(H,19,20). The van der Waals surface area contributed by atoms with Gasteiger partial charge in [-0.25, -0.2) is 8.78 Å². The van der Waals surface area contributed by atoms with Crippen LogP contribution in [0.15, 0.2) is 18.2 Å². The lowest BCUT2D eigenvalue weighted by molar-refractivity contribution is -0.149. The van der Waals surface area contributed by atoms with Gasteiger partial charge in [-0.1, -0.05) is 0 Å². The van der Waals surface area contributed by atoms with E-state index in [4.69, 9.17) is 9.84 Å². The molecule has 1 rings (SSSR count). The van der Waals surface area contributed by atoms with Gasteiger partial charge in [0.2, 0.25) is 0 Å². The van der Waals surface area contributed by atoms with Gasteiger partial charge in [0.15, 0.2) is 18.2 Å². The Bertz CT molecular complexity index is 540. The third kappa shape index (κ3) is 5.02. The summed E-state index contributed by atoms with van der Waals surface area (Å²) in [5.74, 6) is -3.72. The van der Waals surface area contributed by atoms with Gasteiger partial charge in [-0.05, 0) is 32.9 Å². The van der Waals surface area contributed by atoms with E-state index in [1.807, 2.05) is 0 Å². The van der Waals surface area contributed by atoms with E-state index in [9.17, 15) is 18.4 Å². The molecule has 0 bridgehead atoms. The Hall–Kier alpha value is -2.18. The SMILES string of the molecule is CC(C)(C)N(CC(=O)O)C(=O)COc1ccc(F)cc1F. The van der Waals surface area contributed by atoms with Gasteiger partial charge in [0.05, 0.1) is 0 Å². The van der Waals surface area contributed by atoms with Crippen LogP contribution in [0.4, 0.5) is 8.78 Å². The van der Waals surface area contributed by atoms with Gasteiger partial charge in [-0.15, -0.1) is 0 Å². The van der Waals surface area contributed by atoms with Crippen LogP contribution in [0.3, 0.4) is 0 Å². The number of hydrogen-bond acceptors (Lipinski definition) is 3. The number of benzene rings is 1. The van der Waals surface area contributed by atoms with E-state index in [1.165, 1.54) is 0 Å². The first-order valence-corrected chi connectivity index (χ1v) is 6.21. The molecule has 1 amide bonds. The number of hydrogen-bond donors (Lipinski definition) is 1. The van der Waals surface area contributed by atoms with Crippen molar-refractivity contribution in [1.82, 2.24) is 4.90 Å². The molecule has 0 aromatic heterocycles. The Balaban J connectivity index is 2.76. The van der Waals surface area contributed by atoms with E-state index in [-0.39, 0.29) is 5.75 Å². The number of ether oxygens (including phenoxy) is 1. The molecule has 0 unspecified atom stereocenters. The average molecular weight is 301 g/mol. The van der Waals surface area contributed by atoms with Crippen LogP contribution in [-0.2, 0) is 9.59 Å². The summed E-state index contributed by atoms with van der Waals surface area (Å²) in [7, 11) is 0. The van der Waals surface area contributed by atoms with Gasteiger partial charge in [0.25, 0.3) is 5.91 Å². The molecule has 0 aliphatic carbocycles. The highest BCUT2D eigenvalue weighted by atomic mass is 19.1. The Labute approximate surface area is 121 Å². The number of carbonyl (C=O) groups is 2. The van der Waals surface area contributed by atoms with Gasteiger partial charge in [0, 0.05) is 11.6 Å². The van der Waals surface area contributed by atoms with Crippen LogP contribution in [0.1, 0.15) is 20.8 Å². The molecule has 0 aliphatic heterocycles. The number of carbonyl (C=O) groups excluding carboxylic acids is 1. The third-order valence-electron chi connectivity index (χ3n) is 2.65. The Kier molecular flexibility index (Phi) is 5.23. The van der Waals surface area contributed by atoms with E-state index < -0.39 is 42.2 Å². The summed E-state index contributed by atoms with van der Waals surface area (Å²) < 4.78 is 31.1. The Morgan fingerprint density at radius 2 is 1.90 bits per heavy atom. The van der Waals surface area contributed by atoms with E-state index in [0.29, 0.717) is 6.07 Å². The molecule has 7 heteroatoms. The van der Waals surface area contributed by atoms with E-state index in [2.05, 4.69) is 0 Å². The lowest BCUT2D eigenvalue weighted by atomic mass is 10.1. The quantitative estimate of drug-likeness (QED) is 0.904. The summed E-state index contributed by atoms with van der Waals surface area (Å²) in [6, 6.07) is 2.71. The lowest BCUT2D eigenvalue weighted by Gasteiger charge is -2.34. The molecule has 5 nitrogen and oxygen atoms in total. The summed E-state index contributed by atoms with van der Waals surface area (Å²) >= 11 is 0. The molecule has 1 aromatic rings. The van der Waals surface area contributed by atoms with Gasteiger partial charge < -0.3 is 14.7 Å². The minimum Gasteiger partial charge on any atom is -0.481 e. The summed E-state index contributed by atoms with van der Waals surface area (Å²) in [6.45, 7) is 4.00. The molecule has 0 radical (unpaired) electrons. The zero-order valence-electron chi connectivity index (χ0n) is 12.0. The predicted octanol–water partition coefficient (Wildman–Crippen LogP) is 2.06. The number of rotatable bonds is 5. The number of halogens is 2. The molecule has 0 saturated heterocycles. The molecule has 1 N–H and O–H groups in total. The van der Waals surface area contributed by atoms with E-state index >= 15 is 0 Å². The van der Waals surface area contributed by atoms with Crippen molar-refractivity contribution in [3.8, 4) is 5.75 Å². The number of carboxylic acid groups (broad SMARTS) is 1. The first kappa shape index (κ1) is 16.9. The van der Waals surface area contributed by atoms with Crippen molar-refractivity contribution in [1.29, 1.82) is 0 Å². The molecule has 0 saturated carbocycles. The smallest absolute Gasteiger partial charge is 0.323 e. The molecule has 0 spiro atoms. The molecular formula is C14H17F2NO4. The minimum absolute atomic E-state index is 0.270. The average Bonchev–Trinajstić information content (AvgIpc) is 2.33. The van der Waals surface area contributed by atoms with Crippen LogP contribution < -0.4 is 4.74 Å². The minimum atomic E-state index is -1.16. The van der Waals surface area contributed by atoms with Crippen LogP contribution in [0.2, 0.25) is 0 Å². The maximum atomic E-state index is 13.4. The second-order valence-electron chi connectivity index (χ2n) is 5.41. The zero-order chi connectivity index (χ0) is 16.2. The second-order valence-corrected chi connectivity index (χ2v) is 5.41. The van der Waals surface area contributed by atoms with Crippen molar-refractivity contribution in [2.24, 2.45) is 0 Å². The molecule has 1 aromatic carbocycles. The number of nitrogens with zero attached hydrogens (tertiary/aromatic N) is 1. The van der Waals surface area contributed by atoms with Crippen LogP contribution in [0.5, 0.6) is 5.75 Å². The number of aliphatic carboxylic acids is 1. The topological polar surface area (TPSA) is 66.8 Å². The molecule has 0 heterocycles. The Morgan fingerprint density at radius 3 is 2.38 bits per heavy atom. The first-order chi connectivity index (χ1) is 9.61. The van der Waals surface area contributed by atoms with E-state index in [0.717, 1.165) is 17.0 Å². The highest BCUT2D eigenvalue weighted by molar-refractivity contribution is 5.83. The Morgan fingerprint density at radius 1 is 1.29 bits per heavy atom. The highest BCUT2D eigenvalue weighted by Gasteiger charge is 2.28. The van der Waals surface area contributed by atoms with Crippen LogP contribution in [0.25, 0.3) is 0 Å². The lowest BCUT2D eigenvalue weighted by Crippen LogP contribution is -2.50. The number of carboxylic acids is 1. The van der Waals surface area contributed by atoms with Crippen molar-refractivity contribution < 1.29 is 28.2 Å². The van der Waals surface area contributed by atoms with Crippen molar-refractivity contribution in [2.45, 2.75) is 26.3 Å². The summed E-state index contributed by atoms with van der Waals surface area (Å²) in [6.07, 6.45) is 0. The maximum absolute atomic E-state index is 13.4. The van der Waals surface area contributed by atoms with Crippen molar-refractivity contribution >= 4 is 11.9 Å². The second kappa shape index (κ2) is 6.51. The third-order valence-corrected chi connectivity index (χ3v) is 2.65. The molecule has 21 heavy (non-hydrogen) atoms. The fourth-order valence-corrected chi connectivity index (χ4v) is 1.64. The largest absolute Gasteiger partial charge is 0.481 e. The van der Waals surface area contributed by atoms with Gasteiger partial charge >= 0.3 is 5.97 Å². The summed E-state index contributed by atoms with van der Waals surface area (Å²) in [4.78, 5) is 23.9. The normalized spacial score (nSPS) is 11.1. The van der Waals surface area contributed by atoms with Crippen LogP contribution in [-0.4, -0.2) is 40.6 Å². The zero-order valence-corrected chi connectivity index (χ0v) is 12.0. The van der Waals surface area contributed by atoms with Crippen LogP contribution in [0, 0.1) is 11.6 Å². The van der Waals surface area contributed by atoms with Gasteiger partial charge in [-0.2, -0.15) is 0 Å². The first-order valence-electron chi connectivity index (χ1n) is 6.21. The predicted molar refractivity (Wildman–Crippen MR) is 71.0 cm³/mol. The van der Waals surface area contributed by atoms with Crippen molar-refractivity contribution in [3.63, 3.8) is 0 Å². The van der Waals surface area contributed by atoms with Crippen LogP contribution >= 0.6 is 0 Å². The molecule has 0 fully saturated rings.